The number of anilines is 2. The van der Waals surface area contributed by atoms with Gasteiger partial charge in [-0.3, -0.25) is 9.78 Å². The number of rotatable bonds is 3. The number of carbonyl (C=O) groups excluding carboxylic acids is 1. The first kappa shape index (κ1) is 17.8. The maximum atomic E-state index is 12.6. The number of carbonyl (C=O) groups is 1. The van der Waals surface area contributed by atoms with Crippen LogP contribution in [0.4, 0.5) is 11.5 Å². The second-order valence-electron chi connectivity index (χ2n) is 7.38. The molecule has 0 unspecified atom stereocenters. The molecule has 6 nitrogen and oxygen atoms in total. The van der Waals surface area contributed by atoms with Gasteiger partial charge in [0, 0.05) is 45.0 Å². The minimum absolute atomic E-state index is 0.0122. The van der Waals surface area contributed by atoms with Gasteiger partial charge in [0.15, 0.2) is 0 Å². The highest BCUT2D eigenvalue weighted by Crippen LogP contribution is 2.22. The summed E-state index contributed by atoms with van der Waals surface area (Å²) in [5.41, 5.74) is 3.08. The standard InChI is InChI=1S/C21H27N5O/c1-17-7-2-3-8-19(17)24-11-6-12-25(14-13-24)20-16-22-15-18(23-20)21(27)26-9-4-5-10-26/h2-3,7-8,15-16H,4-6,9-14H2,1H3. The molecule has 6 heteroatoms. The molecule has 2 fully saturated rings. The van der Waals surface area contributed by atoms with Crippen molar-refractivity contribution in [2.75, 3.05) is 49.1 Å². The average molecular weight is 365 g/mol. The van der Waals surface area contributed by atoms with Crippen LogP contribution in [-0.2, 0) is 0 Å². The van der Waals surface area contributed by atoms with Gasteiger partial charge in [0.2, 0.25) is 0 Å². The minimum atomic E-state index is 0.0122. The smallest absolute Gasteiger partial charge is 0.274 e. The van der Waals surface area contributed by atoms with Gasteiger partial charge in [-0.15, -0.1) is 0 Å². The first-order chi connectivity index (χ1) is 13.2. The van der Waals surface area contributed by atoms with Crippen LogP contribution in [0.3, 0.4) is 0 Å². The molecule has 0 N–H and O–H groups in total. The first-order valence-corrected chi connectivity index (χ1v) is 9.89. The zero-order chi connectivity index (χ0) is 18.6. The molecule has 0 spiro atoms. The number of hydrogen-bond acceptors (Lipinski definition) is 5. The van der Waals surface area contributed by atoms with Crippen LogP contribution in [-0.4, -0.2) is 60.0 Å². The lowest BCUT2D eigenvalue weighted by Gasteiger charge is -2.25. The van der Waals surface area contributed by atoms with Crippen LogP contribution in [0.15, 0.2) is 36.7 Å². The maximum Gasteiger partial charge on any atom is 0.274 e. The Hall–Kier alpha value is -2.63. The number of likely N-dealkylation sites (tertiary alicyclic amines) is 1. The molecule has 0 bridgehead atoms. The number of nitrogens with zero attached hydrogens (tertiary/aromatic N) is 5. The van der Waals surface area contributed by atoms with E-state index in [0.717, 1.165) is 64.3 Å². The van der Waals surface area contributed by atoms with E-state index in [0.29, 0.717) is 5.69 Å². The Morgan fingerprint density at radius 2 is 1.63 bits per heavy atom. The molecule has 2 aromatic rings. The molecular formula is C21H27N5O. The van der Waals surface area contributed by atoms with Crippen LogP contribution in [0, 0.1) is 6.92 Å². The summed E-state index contributed by atoms with van der Waals surface area (Å²) in [6.45, 7) is 7.61. The normalized spacial score (nSPS) is 17.9. The molecule has 1 aromatic heterocycles. The van der Waals surface area contributed by atoms with Gasteiger partial charge in [-0.25, -0.2) is 4.98 Å². The molecule has 27 heavy (non-hydrogen) atoms. The summed E-state index contributed by atoms with van der Waals surface area (Å²) in [5, 5.41) is 0. The summed E-state index contributed by atoms with van der Waals surface area (Å²) in [4.78, 5) is 28.2. The highest BCUT2D eigenvalue weighted by Gasteiger charge is 2.23. The summed E-state index contributed by atoms with van der Waals surface area (Å²) in [6.07, 6.45) is 6.60. The highest BCUT2D eigenvalue weighted by atomic mass is 16.2. The second-order valence-corrected chi connectivity index (χ2v) is 7.38. The Morgan fingerprint density at radius 3 is 2.44 bits per heavy atom. The molecule has 1 amide bonds. The predicted molar refractivity (Wildman–Crippen MR) is 107 cm³/mol. The largest absolute Gasteiger partial charge is 0.369 e. The Labute approximate surface area is 160 Å². The molecule has 2 saturated heterocycles. The van der Waals surface area contributed by atoms with E-state index in [1.54, 1.807) is 12.4 Å². The van der Waals surface area contributed by atoms with Crippen LogP contribution in [0.25, 0.3) is 0 Å². The van der Waals surface area contributed by atoms with E-state index in [2.05, 4.69) is 51.0 Å². The van der Waals surface area contributed by atoms with E-state index in [4.69, 9.17) is 0 Å². The van der Waals surface area contributed by atoms with Gasteiger partial charge in [-0.1, -0.05) is 18.2 Å². The summed E-state index contributed by atoms with van der Waals surface area (Å²) in [5.74, 6) is 0.824. The molecule has 3 heterocycles. The number of aromatic nitrogens is 2. The molecule has 2 aliphatic heterocycles. The fourth-order valence-corrected chi connectivity index (χ4v) is 4.00. The Kier molecular flexibility index (Phi) is 5.23. The van der Waals surface area contributed by atoms with E-state index in [1.807, 2.05) is 4.90 Å². The fourth-order valence-electron chi connectivity index (χ4n) is 4.00. The number of amides is 1. The van der Waals surface area contributed by atoms with Gasteiger partial charge in [-0.2, -0.15) is 0 Å². The van der Waals surface area contributed by atoms with Crippen molar-refractivity contribution in [1.29, 1.82) is 0 Å². The molecule has 0 radical (unpaired) electrons. The summed E-state index contributed by atoms with van der Waals surface area (Å²) in [7, 11) is 0. The minimum Gasteiger partial charge on any atom is -0.369 e. The van der Waals surface area contributed by atoms with Gasteiger partial charge in [0.1, 0.15) is 11.5 Å². The number of benzene rings is 1. The topological polar surface area (TPSA) is 52.6 Å². The molecule has 1 aromatic carbocycles. The van der Waals surface area contributed by atoms with Crippen molar-refractivity contribution in [2.24, 2.45) is 0 Å². The van der Waals surface area contributed by atoms with Gasteiger partial charge in [0.25, 0.3) is 5.91 Å². The quantitative estimate of drug-likeness (QED) is 0.837. The molecule has 0 atom stereocenters. The van der Waals surface area contributed by atoms with Gasteiger partial charge in [-0.05, 0) is 37.8 Å². The summed E-state index contributed by atoms with van der Waals surface area (Å²) >= 11 is 0. The van der Waals surface area contributed by atoms with Crippen molar-refractivity contribution in [3.8, 4) is 0 Å². The Morgan fingerprint density at radius 1 is 0.889 bits per heavy atom. The second kappa shape index (κ2) is 7.94. The number of aryl methyl sites for hydroxylation is 1. The molecule has 2 aliphatic rings. The average Bonchev–Trinajstić information content (AvgIpc) is 3.13. The lowest BCUT2D eigenvalue weighted by atomic mass is 10.2. The lowest BCUT2D eigenvalue weighted by Crippen LogP contribution is -2.32. The van der Waals surface area contributed by atoms with Crippen LogP contribution in [0.2, 0.25) is 0 Å². The predicted octanol–water partition coefficient (Wildman–Crippen LogP) is 2.74. The third-order valence-corrected chi connectivity index (χ3v) is 5.51. The van der Waals surface area contributed by atoms with Crippen LogP contribution >= 0.6 is 0 Å². The third kappa shape index (κ3) is 3.89. The SMILES string of the molecule is Cc1ccccc1N1CCCN(c2cncc(C(=O)N3CCCC3)n2)CC1. The van der Waals surface area contributed by atoms with Crippen molar-refractivity contribution < 1.29 is 4.79 Å². The van der Waals surface area contributed by atoms with Crippen LogP contribution in [0.5, 0.6) is 0 Å². The van der Waals surface area contributed by atoms with Gasteiger partial charge < -0.3 is 14.7 Å². The van der Waals surface area contributed by atoms with E-state index < -0.39 is 0 Å². The lowest BCUT2D eigenvalue weighted by molar-refractivity contribution is 0.0786. The van der Waals surface area contributed by atoms with E-state index in [1.165, 1.54) is 11.3 Å². The number of hydrogen-bond donors (Lipinski definition) is 0. The fraction of sp³-hybridized carbons (Fsp3) is 0.476. The van der Waals surface area contributed by atoms with Gasteiger partial charge in [0.05, 0.1) is 12.4 Å². The summed E-state index contributed by atoms with van der Waals surface area (Å²) in [6, 6.07) is 8.54. The Balaban J connectivity index is 1.47. The molecule has 4 rings (SSSR count). The number of para-hydroxylation sites is 1. The van der Waals surface area contributed by atoms with Crippen LogP contribution < -0.4 is 9.80 Å². The molecule has 0 saturated carbocycles. The Bertz CT molecular complexity index is 803. The van der Waals surface area contributed by atoms with Crippen molar-refractivity contribution in [3.63, 3.8) is 0 Å². The van der Waals surface area contributed by atoms with E-state index in [9.17, 15) is 4.79 Å². The van der Waals surface area contributed by atoms with Crippen molar-refractivity contribution in [1.82, 2.24) is 14.9 Å². The highest BCUT2D eigenvalue weighted by molar-refractivity contribution is 5.92. The maximum absolute atomic E-state index is 12.6. The third-order valence-electron chi connectivity index (χ3n) is 5.51. The van der Waals surface area contributed by atoms with Gasteiger partial charge >= 0.3 is 0 Å². The first-order valence-electron chi connectivity index (χ1n) is 9.89. The van der Waals surface area contributed by atoms with Crippen LogP contribution in [0.1, 0.15) is 35.3 Å². The molecule has 0 aliphatic carbocycles. The van der Waals surface area contributed by atoms with Crippen molar-refractivity contribution >= 4 is 17.4 Å². The molecular weight excluding hydrogens is 338 g/mol. The van der Waals surface area contributed by atoms with Crippen molar-refractivity contribution in [3.05, 3.63) is 47.9 Å². The van der Waals surface area contributed by atoms with E-state index in [-0.39, 0.29) is 5.91 Å². The summed E-state index contributed by atoms with van der Waals surface area (Å²) < 4.78 is 0. The van der Waals surface area contributed by atoms with Crippen molar-refractivity contribution in [2.45, 2.75) is 26.2 Å². The molecule has 142 valence electrons. The zero-order valence-corrected chi connectivity index (χ0v) is 16.0. The monoisotopic (exact) mass is 365 g/mol. The zero-order valence-electron chi connectivity index (χ0n) is 16.0. The van der Waals surface area contributed by atoms with E-state index >= 15 is 0 Å².